The molecule has 1 aliphatic rings. The predicted molar refractivity (Wildman–Crippen MR) is 84.8 cm³/mol. The van der Waals surface area contributed by atoms with Gasteiger partial charge in [-0.1, -0.05) is 11.8 Å². The standard InChI is InChI=1S/C13H22ClN5O2S/c1-18(10-6-3-5-9(14)12(10)21)11(20)7-4-8-22-13-15-16-17-19(13)2/h9-10,12,21H,3-8H2,1-2H3. The Morgan fingerprint density at radius 1 is 1.55 bits per heavy atom. The first-order chi connectivity index (χ1) is 10.5. The first kappa shape index (κ1) is 17.5. The van der Waals surface area contributed by atoms with Crippen LogP contribution in [0.25, 0.3) is 0 Å². The minimum Gasteiger partial charge on any atom is -0.389 e. The zero-order valence-electron chi connectivity index (χ0n) is 12.9. The van der Waals surface area contributed by atoms with Crippen molar-refractivity contribution in [2.75, 3.05) is 12.8 Å². The third kappa shape index (κ3) is 4.33. The van der Waals surface area contributed by atoms with Crippen LogP contribution in [0, 0.1) is 0 Å². The number of nitrogens with zero attached hydrogens (tertiary/aromatic N) is 5. The molecule has 1 fully saturated rings. The highest BCUT2D eigenvalue weighted by molar-refractivity contribution is 7.99. The molecule has 0 spiro atoms. The molecule has 1 N–H and O–H groups in total. The van der Waals surface area contributed by atoms with Gasteiger partial charge in [0.05, 0.1) is 17.5 Å². The summed E-state index contributed by atoms with van der Waals surface area (Å²) < 4.78 is 1.61. The summed E-state index contributed by atoms with van der Waals surface area (Å²) in [5.74, 6) is 0.825. The molecule has 1 aliphatic carbocycles. The summed E-state index contributed by atoms with van der Waals surface area (Å²) >= 11 is 7.63. The number of hydrogen-bond acceptors (Lipinski definition) is 6. The number of halogens is 1. The summed E-state index contributed by atoms with van der Waals surface area (Å²) in [5, 5.41) is 21.8. The molecule has 9 heteroatoms. The molecule has 0 aromatic carbocycles. The lowest BCUT2D eigenvalue weighted by atomic mass is 9.91. The van der Waals surface area contributed by atoms with E-state index in [-0.39, 0.29) is 17.3 Å². The maximum absolute atomic E-state index is 12.2. The number of aryl methyl sites for hydroxylation is 1. The van der Waals surface area contributed by atoms with E-state index in [1.54, 1.807) is 23.7 Å². The summed E-state index contributed by atoms with van der Waals surface area (Å²) in [5.41, 5.74) is 0. The van der Waals surface area contributed by atoms with Crippen LogP contribution in [-0.2, 0) is 11.8 Å². The average molecular weight is 348 g/mol. The highest BCUT2D eigenvalue weighted by atomic mass is 35.5. The van der Waals surface area contributed by atoms with Crippen molar-refractivity contribution in [3.8, 4) is 0 Å². The summed E-state index contributed by atoms with van der Waals surface area (Å²) in [6, 6.07) is -0.167. The van der Waals surface area contributed by atoms with Crippen molar-refractivity contribution in [1.82, 2.24) is 25.1 Å². The zero-order valence-corrected chi connectivity index (χ0v) is 14.4. The van der Waals surface area contributed by atoms with Crippen LogP contribution in [0.2, 0.25) is 0 Å². The molecular weight excluding hydrogens is 326 g/mol. The molecule has 124 valence electrons. The lowest BCUT2D eigenvalue weighted by molar-refractivity contribution is -0.135. The zero-order chi connectivity index (χ0) is 16.1. The lowest BCUT2D eigenvalue weighted by Gasteiger charge is -2.37. The van der Waals surface area contributed by atoms with Gasteiger partial charge in [0, 0.05) is 26.3 Å². The van der Waals surface area contributed by atoms with Crippen LogP contribution in [-0.4, -0.2) is 66.4 Å². The van der Waals surface area contributed by atoms with Gasteiger partial charge in [0.15, 0.2) is 0 Å². The molecule has 0 bridgehead atoms. The minimum absolute atomic E-state index is 0.0477. The number of carbonyl (C=O) groups excluding carboxylic acids is 1. The van der Waals surface area contributed by atoms with Gasteiger partial charge in [0.2, 0.25) is 11.1 Å². The van der Waals surface area contributed by atoms with Gasteiger partial charge in [-0.15, -0.1) is 16.7 Å². The smallest absolute Gasteiger partial charge is 0.222 e. The largest absolute Gasteiger partial charge is 0.389 e. The highest BCUT2D eigenvalue weighted by Gasteiger charge is 2.34. The van der Waals surface area contributed by atoms with E-state index < -0.39 is 6.10 Å². The molecule has 22 heavy (non-hydrogen) atoms. The van der Waals surface area contributed by atoms with E-state index in [2.05, 4.69) is 15.5 Å². The molecule has 3 unspecified atom stereocenters. The predicted octanol–water partition coefficient (Wildman–Crippen LogP) is 1.06. The molecule has 0 aliphatic heterocycles. The molecule has 1 amide bonds. The SMILES string of the molecule is CN(C(=O)CCCSc1nnnn1C)C1CCCC(Cl)C1O. The Morgan fingerprint density at radius 2 is 2.32 bits per heavy atom. The highest BCUT2D eigenvalue weighted by Crippen LogP contribution is 2.27. The number of alkyl halides is 1. The number of thioether (sulfide) groups is 1. The van der Waals surface area contributed by atoms with Crippen molar-refractivity contribution < 1.29 is 9.90 Å². The van der Waals surface area contributed by atoms with Gasteiger partial charge in [-0.2, -0.15) is 0 Å². The Kier molecular flexibility index (Phi) is 6.46. The maximum Gasteiger partial charge on any atom is 0.222 e. The fraction of sp³-hybridized carbons (Fsp3) is 0.846. The second-order valence-corrected chi connectivity index (χ2v) is 7.17. The number of hydrogen-bond donors (Lipinski definition) is 1. The van der Waals surface area contributed by atoms with Crippen molar-refractivity contribution in [3.63, 3.8) is 0 Å². The summed E-state index contributed by atoms with van der Waals surface area (Å²) in [7, 11) is 3.54. The molecule has 0 saturated heterocycles. The van der Waals surface area contributed by atoms with Crippen molar-refractivity contribution in [2.24, 2.45) is 7.05 Å². The number of amides is 1. The number of tetrazole rings is 1. The number of aromatic nitrogens is 4. The molecular formula is C13H22ClN5O2S. The fourth-order valence-corrected chi connectivity index (χ4v) is 3.73. The van der Waals surface area contributed by atoms with Crippen LogP contribution in [0.15, 0.2) is 5.16 Å². The summed E-state index contributed by atoms with van der Waals surface area (Å²) in [6.07, 6.45) is 3.13. The van der Waals surface area contributed by atoms with Crippen molar-refractivity contribution in [1.29, 1.82) is 0 Å². The third-order valence-electron chi connectivity index (χ3n) is 3.98. The average Bonchev–Trinajstić information content (AvgIpc) is 2.91. The topological polar surface area (TPSA) is 84.1 Å². The van der Waals surface area contributed by atoms with Crippen LogP contribution >= 0.6 is 23.4 Å². The first-order valence-electron chi connectivity index (χ1n) is 7.43. The summed E-state index contributed by atoms with van der Waals surface area (Å²) in [6.45, 7) is 0. The van der Waals surface area contributed by atoms with Crippen LogP contribution in [0.5, 0.6) is 0 Å². The lowest BCUT2D eigenvalue weighted by Crippen LogP contribution is -2.50. The van der Waals surface area contributed by atoms with Crippen LogP contribution < -0.4 is 0 Å². The molecule has 1 aromatic heterocycles. The van der Waals surface area contributed by atoms with Gasteiger partial charge in [-0.3, -0.25) is 4.79 Å². The normalized spacial score (nSPS) is 25.2. The molecule has 2 rings (SSSR count). The van der Waals surface area contributed by atoms with Gasteiger partial charge in [0.25, 0.3) is 0 Å². The van der Waals surface area contributed by atoms with Crippen LogP contribution in [0.1, 0.15) is 32.1 Å². The molecule has 0 radical (unpaired) electrons. The second-order valence-electron chi connectivity index (χ2n) is 5.55. The minimum atomic E-state index is -0.636. The number of carbonyl (C=O) groups is 1. The second kappa shape index (κ2) is 8.12. The number of aliphatic hydroxyl groups excluding tert-OH is 1. The quantitative estimate of drug-likeness (QED) is 0.470. The van der Waals surface area contributed by atoms with E-state index in [0.717, 1.165) is 36.6 Å². The Hall–Kier alpha value is -0.860. The molecule has 1 saturated carbocycles. The Balaban J connectivity index is 1.73. The van der Waals surface area contributed by atoms with Crippen molar-refractivity contribution in [3.05, 3.63) is 0 Å². The van der Waals surface area contributed by atoms with Crippen molar-refractivity contribution >= 4 is 29.3 Å². The van der Waals surface area contributed by atoms with Gasteiger partial charge in [0.1, 0.15) is 0 Å². The molecule has 7 nitrogen and oxygen atoms in total. The van der Waals surface area contributed by atoms with Crippen LogP contribution in [0.3, 0.4) is 0 Å². The van der Waals surface area contributed by atoms with E-state index in [1.165, 1.54) is 11.8 Å². The van der Waals surface area contributed by atoms with E-state index in [4.69, 9.17) is 11.6 Å². The number of aliphatic hydroxyl groups is 1. The molecule has 1 aromatic rings. The van der Waals surface area contributed by atoms with E-state index >= 15 is 0 Å². The van der Waals surface area contributed by atoms with Crippen molar-refractivity contribution in [2.45, 2.75) is 54.8 Å². The Bertz CT molecular complexity index is 501. The van der Waals surface area contributed by atoms with E-state index in [1.807, 2.05) is 0 Å². The third-order valence-corrected chi connectivity index (χ3v) is 5.56. The van der Waals surface area contributed by atoms with Gasteiger partial charge in [-0.25, -0.2) is 4.68 Å². The Labute approximate surface area is 139 Å². The molecule has 3 atom stereocenters. The van der Waals surface area contributed by atoms with Gasteiger partial charge >= 0.3 is 0 Å². The maximum atomic E-state index is 12.2. The van der Waals surface area contributed by atoms with Gasteiger partial charge < -0.3 is 10.0 Å². The molecule has 1 heterocycles. The first-order valence-corrected chi connectivity index (χ1v) is 8.86. The summed E-state index contributed by atoms with van der Waals surface area (Å²) in [4.78, 5) is 13.9. The number of likely N-dealkylation sites (N-methyl/N-ethyl adjacent to an activating group) is 1. The Morgan fingerprint density at radius 3 is 3.00 bits per heavy atom. The van der Waals surface area contributed by atoms with E-state index in [0.29, 0.717) is 6.42 Å². The van der Waals surface area contributed by atoms with Gasteiger partial charge in [-0.05, 0) is 36.1 Å². The van der Waals surface area contributed by atoms with E-state index in [9.17, 15) is 9.90 Å². The fourth-order valence-electron chi connectivity index (χ4n) is 2.62. The number of rotatable bonds is 6. The van der Waals surface area contributed by atoms with Crippen LogP contribution in [0.4, 0.5) is 0 Å². The monoisotopic (exact) mass is 347 g/mol.